The van der Waals surface area contributed by atoms with Crippen molar-refractivity contribution in [3.63, 3.8) is 0 Å². The van der Waals surface area contributed by atoms with Crippen molar-refractivity contribution in [1.29, 1.82) is 0 Å². The number of thiol groups is 1. The van der Waals surface area contributed by atoms with E-state index in [0.717, 1.165) is 45.5 Å². The average molecular weight is 543 g/mol. The second-order valence-electron chi connectivity index (χ2n) is 10.5. The van der Waals surface area contributed by atoms with E-state index >= 15 is 0 Å². The van der Waals surface area contributed by atoms with E-state index in [2.05, 4.69) is 25.6 Å². The summed E-state index contributed by atoms with van der Waals surface area (Å²) in [7, 11) is 3.50. The number of hydrogen-bond acceptors (Lipinski definition) is 3. The molecule has 0 bridgehead atoms. The third kappa shape index (κ3) is 6.93. The maximum Gasteiger partial charge on any atom is 0.335 e. The molecule has 0 aliphatic heterocycles. The Morgan fingerprint density at radius 3 is 2.36 bits per heavy atom. The second kappa shape index (κ2) is 13.0. The van der Waals surface area contributed by atoms with Gasteiger partial charge in [-0.2, -0.15) is 0 Å². The van der Waals surface area contributed by atoms with Crippen molar-refractivity contribution in [2.45, 2.75) is 57.9 Å². The number of benzene rings is 2. The van der Waals surface area contributed by atoms with Crippen molar-refractivity contribution in [1.82, 2.24) is 9.47 Å². The number of aromatic carboxylic acids is 1. The van der Waals surface area contributed by atoms with Crippen LogP contribution in [0.1, 0.15) is 78.5 Å². The molecule has 3 aromatic rings. The lowest BCUT2D eigenvalue weighted by molar-refractivity contribution is -0.129. The molecular formula is C33H38N2O3S. The van der Waals surface area contributed by atoms with E-state index in [9.17, 15) is 14.7 Å². The molecular weight excluding hydrogens is 504 g/mol. The fraction of sp³-hybridized carbons (Fsp3) is 0.333. The van der Waals surface area contributed by atoms with Gasteiger partial charge in [-0.15, -0.1) is 12.6 Å². The molecule has 39 heavy (non-hydrogen) atoms. The van der Waals surface area contributed by atoms with E-state index in [1.54, 1.807) is 31.1 Å². The van der Waals surface area contributed by atoms with Gasteiger partial charge in [0.2, 0.25) is 5.91 Å². The number of rotatable bonds is 8. The van der Waals surface area contributed by atoms with Crippen molar-refractivity contribution in [3.05, 3.63) is 94.0 Å². The molecule has 4 rings (SSSR count). The van der Waals surface area contributed by atoms with Gasteiger partial charge in [-0.1, -0.05) is 74.2 Å². The van der Waals surface area contributed by atoms with Crippen LogP contribution in [0.15, 0.2) is 71.7 Å². The van der Waals surface area contributed by atoms with Crippen LogP contribution in [0.5, 0.6) is 0 Å². The van der Waals surface area contributed by atoms with Crippen LogP contribution in [0.25, 0.3) is 22.6 Å². The maximum atomic E-state index is 13.0. The Morgan fingerprint density at radius 1 is 1.03 bits per heavy atom. The van der Waals surface area contributed by atoms with Gasteiger partial charge in [0.05, 0.1) is 11.1 Å². The van der Waals surface area contributed by atoms with Crippen molar-refractivity contribution in [3.8, 4) is 0 Å². The molecule has 2 aromatic carbocycles. The van der Waals surface area contributed by atoms with E-state index in [1.807, 2.05) is 59.2 Å². The van der Waals surface area contributed by atoms with Gasteiger partial charge in [-0.3, -0.25) is 4.79 Å². The van der Waals surface area contributed by atoms with E-state index < -0.39 is 5.97 Å². The summed E-state index contributed by atoms with van der Waals surface area (Å²) in [6.45, 7) is 2.22. The van der Waals surface area contributed by atoms with E-state index in [0.29, 0.717) is 5.92 Å². The Bertz CT molecular complexity index is 1420. The number of carbonyl (C=O) groups is 2. The van der Waals surface area contributed by atoms with Crippen LogP contribution in [-0.2, 0) is 11.3 Å². The zero-order valence-corrected chi connectivity index (χ0v) is 24.0. The predicted molar refractivity (Wildman–Crippen MR) is 164 cm³/mol. The minimum Gasteiger partial charge on any atom is -0.478 e. The first kappa shape index (κ1) is 28.5. The van der Waals surface area contributed by atoms with Gasteiger partial charge in [0.1, 0.15) is 6.54 Å². The smallest absolute Gasteiger partial charge is 0.335 e. The number of carboxylic acids is 1. The summed E-state index contributed by atoms with van der Waals surface area (Å²) in [5.74, 6) is -0.649. The molecule has 1 aliphatic carbocycles. The predicted octanol–water partition coefficient (Wildman–Crippen LogP) is 7.80. The Labute approximate surface area is 236 Å². The number of carbonyl (C=O) groups excluding carboxylic acids is 1. The highest BCUT2D eigenvalue weighted by atomic mass is 32.1. The Hall–Kier alpha value is -3.51. The van der Waals surface area contributed by atoms with Crippen molar-refractivity contribution >= 4 is 47.1 Å². The third-order valence-corrected chi connectivity index (χ3v) is 7.83. The van der Waals surface area contributed by atoms with Gasteiger partial charge in [0.15, 0.2) is 0 Å². The van der Waals surface area contributed by atoms with Crippen LogP contribution >= 0.6 is 12.6 Å². The summed E-state index contributed by atoms with van der Waals surface area (Å²) in [4.78, 5) is 27.3. The van der Waals surface area contributed by atoms with E-state index in [1.165, 1.54) is 31.2 Å². The molecule has 1 aromatic heterocycles. The quantitative estimate of drug-likeness (QED) is 0.173. The zero-order chi connectivity index (χ0) is 27.9. The molecule has 5 nitrogen and oxygen atoms in total. The molecule has 0 radical (unpaired) electrons. The number of carboxylic acid groups (broad SMARTS) is 1. The van der Waals surface area contributed by atoms with Crippen LogP contribution in [0.4, 0.5) is 0 Å². The highest BCUT2D eigenvalue weighted by Gasteiger charge is 2.27. The number of nitrogens with zero attached hydrogens (tertiary/aromatic N) is 2. The third-order valence-electron chi connectivity index (χ3n) is 7.53. The highest BCUT2D eigenvalue weighted by molar-refractivity contribution is 7.84. The molecule has 204 valence electrons. The topological polar surface area (TPSA) is 62.5 Å². The Kier molecular flexibility index (Phi) is 9.52. The highest BCUT2D eigenvalue weighted by Crippen LogP contribution is 2.42. The van der Waals surface area contributed by atoms with Crippen LogP contribution in [0.3, 0.4) is 0 Å². The van der Waals surface area contributed by atoms with Crippen LogP contribution in [0.2, 0.25) is 0 Å². The molecule has 1 N–H and O–H groups in total. The fourth-order valence-corrected chi connectivity index (χ4v) is 5.60. The molecule has 1 amide bonds. The molecule has 6 heteroatoms. The zero-order valence-electron chi connectivity index (χ0n) is 23.1. The maximum absolute atomic E-state index is 13.0. The Morgan fingerprint density at radius 2 is 1.72 bits per heavy atom. The van der Waals surface area contributed by atoms with Gasteiger partial charge in [0.25, 0.3) is 0 Å². The van der Waals surface area contributed by atoms with Gasteiger partial charge in [-0.05, 0) is 66.7 Å². The monoisotopic (exact) mass is 542 g/mol. The molecule has 0 saturated heterocycles. The van der Waals surface area contributed by atoms with Crippen LogP contribution in [0, 0.1) is 0 Å². The number of aromatic nitrogens is 1. The van der Waals surface area contributed by atoms with Crippen molar-refractivity contribution < 1.29 is 14.7 Å². The van der Waals surface area contributed by atoms with E-state index in [-0.39, 0.29) is 18.0 Å². The summed E-state index contributed by atoms with van der Waals surface area (Å²) in [6, 6.07) is 15.4. The number of amides is 1. The van der Waals surface area contributed by atoms with Crippen molar-refractivity contribution in [2.75, 3.05) is 14.1 Å². The van der Waals surface area contributed by atoms with Gasteiger partial charge >= 0.3 is 5.97 Å². The lowest BCUT2D eigenvalue weighted by atomic mass is 9.87. The first-order valence-corrected chi connectivity index (χ1v) is 14.1. The van der Waals surface area contributed by atoms with Gasteiger partial charge in [-0.25, -0.2) is 4.79 Å². The largest absolute Gasteiger partial charge is 0.478 e. The molecule has 0 unspecified atom stereocenters. The van der Waals surface area contributed by atoms with Gasteiger partial charge < -0.3 is 14.6 Å². The normalized spacial score (nSPS) is 15.6. The molecule has 1 heterocycles. The molecule has 1 fully saturated rings. The number of likely N-dealkylation sites (N-methyl/N-ethyl adjacent to an activating group) is 1. The summed E-state index contributed by atoms with van der Waals surface area (Å²) in [6.07, 6.45) is 15.0. The minimum absolute atomic E-state index is 0.0367. The lowest BCUT2D eigenvalue weighted by Gasteiger charge is -2.19. The molecule has 1 aliphatic rings. The SMILES string of the molecule is C\C(=C/C=C(S)/C=C\c1ccccc1)c1c(C2CCCCCC2)c2ccc(C(=O)O)cc2n1CC(=O)N(C)C. The standard InChI is InChI=1S/C33H38N2O3S/c1-23(15-18-27(39)19-16-24-11-7-6-8-12-24)32-31(25-13-9-4-5-10-14-25)28-20-17-26(33(37)38)21-29(28)35(32)22-30(36)34(2)3/h6-8,11-12,15-21,25,39H,4-5,9-10,13-14,22H2,1-3H3,(H,37,38)/b19-16-,23-15+,27-18-. The van der Waals surface area contributed by atoms with Crippen LogP contribution < -0.4 is 0 Å². The molecule has 0 spiro atoms. The fourth-order valence-electron chi connectivity index (χ4n) is 5.45. The van der Waals surface area contributed by atoms with Crippen LogP contribution in [-0.4, -0.2) is 40.5 Å². The number of allylic oxidation sites excluding steroid dienone is 4. The summed E-state index contributed by atoms with van der Waals surface area (Å²) in [5, 5.41) is 10.8. The average Bonchev–Trinajstić information content (AvgIpc) is 3.06. The van der Waals surface area contributed by atoms with E-state index in [4.69, 9.17) is 0 Å². The summed E-state index contributed by atoms with van der Waals surface area (Å²) >= 11 is 4.68. The number of hydrogen-bond donors (Lipinski definition) is 2. The molecule has 0 atom stereocenters. The lowest BCUT2D eigenvalue weighted by Crippen LogP contribution is -2.27. The summed E-state index contributed by atoms with van der Waals surface area (Å²) < 4.78 is 2.03. The van der Waals surface area contributed by atoms with Gasteiger partial charge in [0, 0.05) is 30.1 Å². The first-order chi connectivity index (χ1) is 18.8. The first-order valence-electron chi connectivity index (χ1n) is 13.7. The minimum atomic E-state index is -0.971. The summed E-state index contributed by atoms with van der Waals surface area (Å²) in [5.41, 5.74) is 5.39. The number of fused-ring (bicyclic) bond motifs is 1. The second-order valence-corrected chi connectivity index (χ2v) is 11.1. The Balaban J connectivity index is 1.87. The molecule has 1 saturated carbocycles. The van der Waals surface area contributed by atoms with Crippen molar-refractivity contribution in [2.24, 2.45) is 0 Å².